The van der Waals surface area contributed by atoms with E-state index in [9.17, 15) is 4.39 Å². The maximum absolute atomic E-state index is 13.9. The van der Waals surface area contributed by atoms with Crippen LogP contribution in [0.3, 0.4) is 0 Å². The minimum Gasteiger partial charge on any atom is -0.312 e. The second kappa shape index (κ2) is 6.71. The maximum atomic E-state index is 13.9. The molecule has 1 saturated carbocycles. The SMILES string of the molecule is CC1CCC(CNCc2ccc(F)c(-c3cccs3)c2)C1. The van der Waals surface area contributed by atoms with Gasteiger partial charge in [-0.05, 0) is 60.4 Å². The van der Waals surface area contributed by atoms with Crippen LogP contribution < -0.4 is 5.32 Å². The lowest BCUT2D eigenvalue weighted by Crippen LogP contribution is -2.21. The third kappa shape index (κ3) is 3.72. The van der Waals surface area contributed by atoms with Crippen LogP contribution in [0.25, 0.3) is 10.4 Å². The van der Waals surface area contributed by atoms with Crippen molar-refractivity contribution >= 4 is 11.3 Å². The van der Waals surface area contributed by atoms with Gasteiger partial charge in [0, 0.05) is 17.0 Å². The van der Waals surface area contributed by atoms with E-state index in [1.54, 1.807) is 17.4 Å². The van der Waals surface area contributed by atoms with Crippen molar-refractivity contribution in [1.82, 2.24) is 5.32 Å². The van der Waals surface area contributed by atoms with Crippen molar-refractivity contribution in [3.05, 3.63) is 47.1 Å². The summed E-state index contributed by atoms with van der Waals surface area (Å²) in [5, 5.41) is 5.52. The minimum absolute atomic E-state index is 0.134. The molecule has 1 aromatic heterocycles. The van der Waals surface area contributed by atoms with Gasteiger partial charge in [0.05, 0.1) is 0 Å². The van der Waals surface area contributed by atoms with Gasteiger partial charge >= 0.3 is 0 Å². The Hall–Kier alpha value is -1.19. The molecular formula is C18H22FNS. The average Bonchev–Trinajstić information content (AvgIpc) is 3.12. The fourth-order valence-electron chi connectivity index (χ4n) is 3.23. The van der Waals surface area contributed by atoms with Gasteiger partial charge in [-0.1, -0.05) is 25.5 Å². The molecule has 0 radical (unpaired) electrons. The normalized spacial score (nSPS) is 21.8. The highest BCUT2D eigenvalue weighted by Crippen LogP contribution is 2.30. The lowest BCUT2D eigenvalue weighted by molar-refractivity contribution is 0.470. The van der Waals surface area contributed by atoms with Crippen molar-refractivity contribution in [3.63, 3.8) is 0 Å². The molecule has 1 nitrogen and oxygen atoms in total. The third-order valence-electron chi connectivity index (χ3n) is 4.38. The molecule has 1 aromatic carbocycles. The summed E-state index contributed by atoms with van der Waals surface area (Å²) < 4.78 is 13.9. The number of nitrogens with one attached hydrogen (secondary N) is 1. The van der Waals surface area contributed by atoms with Crippen LogP contribution in [0, 0.1) is 17.7 Å². The van der Waals surface area contributed by atoms with Gasteiger partial charge in [0.15, 0.2) is 0 Å². The van der Waals surface area contributed by atoms with E-state index in [0.717, 1.165) is 40.9 Å². The van der Waals surface area contributed by atoms with Crippen LogP contribution in [0.4, 0.5) is 4.39 Å². The van der Waals surface area contributed by atoms with E-state index in [2.05, 4.69) is 12.2 Å². The molecule has 21 heavy (non-hydrogen) atoms. The zero-order chi connectivity index (χ0) is 14.7. The first-order chi connectivity index (χ1) is 10.2. The van der Waals surface area contributed by atoms with E-state index >= 15 is 0 Å². The Morgan fingerprint density at radius 3 is 2.90 bits per heavy atom. The molecule has 1 fully saturated rings. The van der Waals surface area contributed by atoms with Gasteiger partial charge in [0.2, 0.25) is 0 Å². The Bertz CT molecular complexity index is 579. The highest BCUT2D eigenvalue weighted by atomic mass is 32.1. The van der Waals surface area contributed by atoms with Gasteiger partial charge in [0.1, 0.15) is 5.82 Å². The molecule has 112 valence electrons. The van der Waals surface area contributed by atoms with Crippen LogP contribution in [-0.2, 0) is 6.54 Å². The summed E-state index contributed by atoms with van der Waals surface area (Å²) in [4.78, 5) is 0.999. The quantitative estimate of drug-likeness (QED) is 0.812. The number of hydrogen-bond acceptors (Lipinski definition) is 2. The van der Waals surface area contributed by atoms with E-state index in [4.69, 9.17) is 0 Å². The molecule has 0 spiro atoms. The smallest absolute Gasteiger partial charge is 0.131 e. The first-order valence-electron chi connectivity index (χ1n) is 7.75. The van der Waals surface area contributed by atoms with Crippen molar-refractivity contribution in [2.24, 2.45) is 11.8 Å². The van der Waals surface area contributed by atoms with E-state index < -0.39 is 0 Å². The summed E-state index contributed by atoms with van der Waals surface area (Å²) in [5.41, 5.74) is 1.88. The molecule has 0 amide bonds. The molecule has 1 heterocycles. The fraction of sp³-hybridized carbons (Fsp3) is 0.444. The van der Waals surface area contributed by atoms with Crippen LogP contribution in [0.1, 0.15) is 31.7 Å². The molecule has 0 saturated heterocycles. The summed E-state index contributed by atoms with van der Waals surface area (Å²) in [6.07, 6.45) is 4.06. The van der Waals surface area contributed by atoms with E-state index in [0.29, 0.717) is 0 Å². The molecule has 0 aliphatic heterocycles. The molecule has 1 aliphatic rings. The Balaban J connectivity index is 1.60. The number of rotatable bonds is 5. The van der Waals surface area contributed by atoms with Gasteiger partial charge in [0.25, 0.3) is 0 Å². The van der Waals surface area contributed by atoms with Gasteiger partial charge in [-0.15, -0.1) is 11.3 Å². The lowest BCUT2D eigenvalue weighted by atomic mass is 10.1. The standard InChI is InChI=1S/C18H22FNS/c1-13-4-5-14(9-13)11-20-12-15-6-7-17(19)16(10-15)18-3-2-8-21-18/h2-3,6-8,10,13-14,20H,4-5,9,11-12H2,1H3. The summed E-state index contributed by atoms with van der Waals surface area (Å²) in [6.45, 7) is 4.24. The van der Waals surface area contributed by atoms with Gasteiger partial charge in [-0.2, -0.15) is 0 Å². The first kappa shape index (κ1) is 14.7. The minimum atomic E-state index is -0.134. The third-order valence-corrected chi connectivity index (χ3v) is 5.29. The zero-order valence-corrected chi connectivity index (χ0v) is 13.3. The molecular weight excluding hydrogens is 281 g/mol. The summed E-state index contributed by atoms with van der Waals surface area (Å²) in [5.74, 6) is 1.57. The average molecular weight is 303 g/mol. The monoisotopic (exact) mass is 303 g/mol. The fourth-order valence-corrected chi connectivity index (χ4v) is 3.98. The molecule has 1 aliphatic carbocycles. The second-order valence-corrected chi connectivity index (χ2v) is 7.15. The van der Waals surface area contributed by atoms with E-state index in [1.807, 2.05) is 29.6 Å². The molecule has 2 aromatic rings. The summed E-state index contributed by atoms with van der Waals surface area (Å²) >= 11 is 1.58. The van der Waals surface area contributed by atoms with Crippen LogP contribution >= 0.6 is 11.3 Å². The Labute approximate surface area is 130 Å². The first-order valence-corrected chi connectivity index (χ1v) is 8.63. The Morgan fingerprint density at radius 2 is 2.19 bits per heavy atom. The van der Waals surface area contributed by atoms with E-state index in [1.165, 1.54) is 19.3 Å². The van der Waals surface area contributed by atoms with Crippen molar-refractivity contribution in [2.75, 3.05) is 6.54 Å². The predicted octanol–water partition coefficient (Wildman–Crippen LogP) is 5.08. The topological polar surface area (TPSA) is 12.0 Å². The molecule has 2 atom stereocenters. The number of thiophene rings is 1. The predicted molar refractivity (Wildman–Crippen MR) is 87.9 cm³/mol. The van der Waals surface area contributed by atoms with Gasteiger partial charge in [-0.3, -0.25) is 0 Å². The molecule has 1 N–H and O–H groups in total. The van der Waals surface area contributed by atoms with Gasteiger partial charge in [-0.25, -0.2) is 4.39 Å². The van der Waals surface area contributed by atoms with Crippen molar-refractivity contribution in [1.29, 1.82) is 0 Å². The molecule has 3 heteroatoms. The highest BCUT2D eigenvalue weighted by Gasteiger charge is 2.20. The van der Waals surface area contributed by atoms with Crippen molar-refractivity contribution < 1.29 is 4.39 Å². The Morgan fingerprint density at radius 1 is 1.29 bits per heavy atom. The highest BCUT2D eigenvalue weighted by molar-refractivity contribution is 7.13. The largest absolute Gasteiger partial charge is 0.312 e. The molecule has 3 rings (SSSR count). The molecule has 2 unspecified atom stereocenters. The number of benzene rings is 1. The van der Waals surface area contributed by atoms with Gasteiger partial charge < -0.3 is 5.32 Å². The van der Waals surface area contributed by atoms with Crippen LogP contribution in [0.2, 0.25) is 0 Å². The van der Waals surface area contributed by atoms with Crippen molar-refractivity contribution in [3.8, 4) is 10.4 Å². The van der Waals surface area contributed by atoms with Crippen LogP contribution in [0.5, 0.6) is 0 Å². The Kier molecular flexibility index (Phi) is 4.71. The van der Waals surface area contributed by atoms with E-state index in [-0.39, 0.29) is 5.82 Å². The summed E-state index contributed by atoms with van der Waals surface area (Å²) in [7, 11) is 0. The number of halogens is 1. The second-order valence-electron chi connectivity index (χ2n) is 6.21. The summed E-state index contributed by atoms with van der Waals surface area (Å²) in [6, 6.07) is 9.39. The van der Waals surface area contributed by atoms with Crippen LogP contribution in [-0.4, -0.2) is 6.54 Å². The number of hydrogen-bond donors (Lipinski definition) is 1. The molecule has 0 bridgehead atoms. The van der Waals surface area contributed by atoms with Crippen LogP contribution in [0.15, 0.2) is 35.7 Å². The lowest BCUT2D eigenvalue weighted by Gasteiger charge is -2.12. The van der Waals surface area contributed by atoms with Crippen molar-refractivity contribution in [2.45, 2.75) is 32.7 Å². The maximum Gasteiger partial charge on any atom is 0.131 e. The zero-order valence-electron chi connectivity index (χ0n) is 12.4.